The molecule has 1 N–H and O–H groups in total. The second-order valence-electron chi connectivity index (χ2n) is 6.15. The van der Waals surface area contributed by atoms with Crippen LogP contribution < -0.4 is 5.32 Å². The Morgan fingerprint density at radius 1 is 1.25 bits per heavy atom. The summed E-state index contributed by atoms with van der Waals surface area (Å²) in [7, 11) is 0. The van der Waals surface area contributed by atoms with Gasteiger partial charge in [0.1, 0.15) is 0 Å². The SMILES string of the molecule is CCCCCNCC(C)N1CCC(c2ccccc2)C1. The molecule has 0 aromatic heterocycles. The lowest BCUT2D eigenvalue weighted by Gasteiger charge is -2.24. The minimum atomic E-state index is 0.658. The van der Waals surface area contributed by atoms with E-state index in [-0.39, 0.29) is 0 Å². The number of benzene rings is 1. The van der Waals surface area contributed by atoms with Gasteiger partial charge in [0.05, 0.1) is 0 Å². The summed E-state index contributed by atoms with van der Waals surface area (Å²) in [6.45, 7) is 9.40. The van der Waals surface area contributed by atoms with E-state index in [1.54, 1.807) is 0 Å². The maximum absolute atomic E-state index is 3.61. The molecule has 112 valence electrons. The van der Waals surface area contributed by atoms with Crippen molar-refractivity contribution in [2.45, 2.75) is 51.5 Å². The Hall–Kier alpha value is -0.860. The maximum Gasteiger partial charge on any atom is 0.0192 e. The fraction of sp³-hybridized carbons (Fsp3) is 0.667. The van der Waals surface area contributed by atoms with Gasteiger partial charge in [-0.25, -0.2) is 0 Å². The van der Waals surface area contributed by atoms with Crippen molar-refractivity contribution in [3.05, 3.63) is 35.9 Å². The van der Waals surface area contributed by atoms with Crippen LogP contribution in [0.3, 0.4) is 0 Å². The van der Waals surface area contributed by atoms with Gasteiger partial charge < -0.3 is 5.32 Å². The number of nitrogens with one attached hydrogen (secondary N) is 1. The Bertz CT molecular complexity index is 363. The Labute approximate surface area is 124 Å². The fourth-order valence-electron chi connectivity index (χ4n) is 3.12. The average molecular weight is 274 g/mol. The van der Waals surface area contributed by atoms with Gasteiger partial charge in [0, 0.05) is 19.1 Å². The van der Waals surface area contributed by atoms with Crippen LogP contribution in [-0.2, 0) is 0 Å². The Morgan fingerprint density at radius 2 is 2.05 bits per heavy atom. The quantitative estimate of drug-likeness (QED) is 0.728. The van der Waals surface area contributed by atoms with E-state index < -0.39 is 0 Å². The van der Waals surface area contributed by atoms with E-state index in [0.717, 1.165) is 12.5 Å². The molecule has 0 amide bonds. The van der Waals surface area contributed by atoms with Gasteiger partial charge in [-0.15, -0.1) is 0 Å². The van der Waals surface area contributed by atoms with E-state index in [9.17, 15) is 0 Å². The summed E-state index contributed by atoms with van der Waals surface area (Å²) < 4.78 is 0. The molecule has 2 nitrogen and oxygen atoms in total. The highest BCUT2D eigenvalue weighted by Gasteiger charge is 2.26. The second-order valence-corrected chi connectivity index (χ2v) is 6.15. The lowest BCUT2D eigenvalue weighted by Crippen LogP contribution is -2.39. The predicted octanol–water partition coefficient (Wildman–Crippen LogP) is 3.64. The minimum Gasteiger partial charge on any atom is -0.315 e. The number of unbranched alkanes of at least 4 members (excludes halogenated alkanes) is 2. The zero-order valence-corrected chi connectivity index (χ0v) is 13.1. The van der Waals surface area contributed by atoms with E-state index in [4.69, 9.17) is 0 Å². The van der Waals surface area contributed by atoms with Crippen molar-refractivity contribution in [3.63, 3.8) is 0 Å². The van der Waals surface area contributed by atoms with Crippen LogP contribution >= 0.6 is 0 Å². The largest absolute Gasteiger partial charge is 0.315 e. The van der Waals surface area contributed by atoms with Crippen molar-refractivity contribution in [1.82, 2.24) is 10.2 Å². The zero-order chi connectivity index (χ0) is 14.2. The van der Waals surface area contributed by atoms with E-state index >= 15 is 0 Å². The molecule has 2 atom stereocenters. The van der Waals surface area contributed by atoms with Crippen LogP contribution in [0.25, 0.3) is 0 Å². The molecule has 1 heterocycles. The third-order valence-corrected chi connectivity index (χ3v) is 4.51. The molecule has 2 rings (SSSR count). The molecule has 0 bridgehead atoms. The summed E-state index contributed by atoms with van der Waals surface area (Å²) in [5, 5.41) is 3.61. The summed E-state index contributed by atoms with van der Waals surface area (Å²) in [5.41, 5.74) is 1.51. The number of hydrogen-bond acceptors (Lipinski definition) is 2. The van der Waals surface area contributed by atoms with Gasteiger partial charge in [-0.05, 0) is 44.3 Å². The Kier molecular flexibility index (Phi) is 6.55. The van der Waals surface area contributed by atoms with Crippen molar-refractivity contribution < 1.29 is 0 Å². The second kappa shape index (κ2) is 8.43. The highest BCUT2D eigenvalue weighted by Crippen LogP contribution is 2.27. The molecule has 2 heteroatoms. The molecule has 1 saturated heterocycles. The zero-order valence-electron chi connectivity index (χ0n) is 13.1. The van der Waals surface area contributed by atoms with Crippen LogP contribution in [0.4, 0.5) is 0 Å². The van der Waals surface area contributed by atoms with Crippen molar-refractivity contribution >= 4 is 0 Å². The summed E-state index contributed by atoms with van der Waals surface area (Å²) in [5.74, 6) is 0.735. The molecule has 1 fully saturated rings. The summed E-state index contributed by atoms with van der Waals surface area (Å²) >= 11 is 0. The third kappa shape index (κ3) is 4.60. The van der Waals surface area contributed by atoms with Gasteiger partial charge in [-0.3, -0.25) is 4.90 Å². The number of likely N-dealkylation sites (tertiary alicyclic amines) is 1. The van der Waals surface area contributed by atoms with Gasteiger partial charge in [0.25, 0.3) is 0 Å². The van der Waals surface area contributed by atoms with Gasteiger partial charge >= 0.3 is 0 Å². The smallest absolute Gasteiger partial charge is 0.0192 e. The molecule has 0 radical (unpaired) electrons. The lowest BCUT2D eigenvalue weighted by atomic mass is 9.99. The summed E-state index contributed by atoms with van der Waals surface area (Å²) in [4.78, 5) is 2.64. The number of rotatable bonds is 8. The number of nitrogens with zero attached hydrogens (tertiary/aromatic N) is 1. The summed E-state index contributed by atoms with van der Waals surface area (Å²) in [6.07, 6.45) is 5.28. The highest BCUT2D eigenvalue weighted by atomic mass is 15.2. The maximum atomic E-state index is 3.61. The molecular formula is C18H30N2. The Balaban J connectivity index is 1.69. The third-order valence-electron chi connectivity index (χ3n) is 4.51. The highest BCUT2D eigenvalue weighted by molar-refractivity contribution is 5.21. The molecule has 1 aliphatic heterocycles. The van der Waals surface area contributed by atoms with Crippen molar-refractivity contribution in [2.75, 3.05) is 26.2 Å². The first-order valence-corrected chi connectivity index (χ1v) is 8.31. The van der Waals surface area contributed by atoms with Gasteiger partial charge in [-0.2, -0.15) is 0 Å². The van der Waals surface area contributed by atoms with Gasteiger partial charge in [0.2, 0.25) is 0 Å². The first-order valence-electron chi connectivity index (χ1n) is 8.31. The standard InChI is InChI=1S/C18H30N2/c1-3-4-8-12-19-14-16(2)20-13-11-18(15-20)17-9-6-5-7-10-17/h5-7,9-10,16,18-19H,3-4,8,11-15H2,1-2H3. The fourth-order valence-corrected chi connectivity index (χ4v) is 3.12. The molecule has 0 aliphatic carbocycles. The number of hydrogen-bond donors (Lipinski definition) is 1. The van der Waals surface area contributed by atoms with Crippen LogP contribution in [0.5, 0.6) is 0 Å². The predicted molar refractivity (Wildman–Crippen MR) is 87.2 cm³/mol. The van der Waals surface area contributed by atoms with E-state index in [2.05, 4.69) is 54.4 Å². The van der Waals surface area contributed by atoms with E-state index in [0.29, 0.717) is 6.04 Å². The Morgan fingerprint density at radius 3 is 2.80 bits per heavy atom. The van der Waals surface area contributed by atoms with Crippen molar-refractivity contribution in [1.29, 1.82) is 0 Å². The van der Waals surface area contributed by atoms with E-state index in [1.165, 1.54) is 50.9 Å². The van der Waals surface area contributed by atoms with Gasteiger partial charge in [0.15, 0.2) is 0 Å². The molecule has 20 heavy (non-hydrogen) atoms. The molecule has 1 aromatic rings. The normalized spacial score (nSPS) is 21.2. The van der Waals surface area contributed by atoms with Crippen LogP contribution in [0.2, 0.25) is 0 Å². The van der Waals surface area contributed by atoms with Crippen LogP contribution in [0.15, 0.2) is 30.3 Å². The molecular weight excluding hydrogens is 244 g/mol. The van der Waals surface area contributed by atoms with Crippen molar-refractivity contribution in [3.8, 4) is 0 Å². The average Bonchev–Trinajstić information content (AvgIpc) is 2.98. The first-order chi connectivity index (χ1) is 9.81. The molecule has 2 unspecified atom stereocenters. The monoisotopic (exact) mass is 274 g/mol. The molecule has 0 saturated carbocycles. The van der Waals surface area contributed by atoms with Crippen LogP contribution in [-0.4, -0.2) is 37.1 Å². The van der Waals surface area contributed by atoms with Crippen LogP contribution in [0, 0.1) is 0 Å². The van der Waals surface area contributed by atoms with Crippen molar-refractivity contribution in [2.24, 2.45) is 0 Å². The molecule has 1 aliphatic rings. The minimum absolute atomic E-state index is 0.658. The van der Waals surface area contributed by atoms with E-state index in [1.807, 2.05) is 0 Å². The lowest BCUT2D eigenvalue weighted by molar-refractivity contribution is 0.249. The molecule has 1 aromatic carbocycles. The first kappa shape index (κ1) is 15.5. The summed E-state index contributed by atoms with van der Waals surface area (Å²) in [6, 6.07) is 11.7. The van der Waals surface area contributed by atoms with Gasteiger partial charge in [-0.1, -0.05) is 50.1 Å². The topological polar surface area (TPSA) is 15.3 Å². The van der Waals surface area contributed by atoms with Crippen LogP contribution in [0.1, 0.15) is 51.0 Å². The molecule has 0 spiro atoms.